The van der Waals surface area contributed by atoms with Gasteiger partial charge >= 0.3 is 0 Å². The smallest absolute Gasteiger partial charge is 0.00463 e. The Labute approximate surface area is 111 Å². The Bertz CT molecular complexity index is 400. The molecular formula is C17H25N. The van der Waals surface area contributed by atoms with Crippen LogP contribution in [0.4, 0.5) is 0 Å². The maximum Gasteiger partial charge on any atom is -0.00463 e. The number of hydrogen-bond acceptors (Lipinski definition) is 1. The van der Waals surface area contributed by atoms with Gasteiger partial charge in [-0.25, -0.2) is 0 Å². The molecule has 98 valence electrons. The number of rotatable bonds is 4. The summed E-state index contributed by atoms with van der Waals surface area (Å²) in [6.45, 7) is 6.80. The number of benzene rings is 1. The summed E-state index contributed by atoms with van der Waals surface area (Å²) in [6, 6.07) is 8.74. The van der Waals surface area contributed by atoms with E-state index in [0.717, 1.165) is 5.92 Å². The van der Waals surface area contributed by atoms with E-state index < -0.39 is 0 Å². The fraction of sp³-hybridized carbons (Fsp3) is 0.529. The fourth-order valence-corrected chi connectivity index (χ4v) is 2.90. The third kappa shape index (κ3) is 3.46. The summed E-state index contributed by atoms with van der Waals surface area (Å²) in [5.41, 5.74) is 4.36. The zero-order valence-corrected chi connectivity index (χ0v) is 11.7. The van der Waals surface area contributed by atoms with E-state index in [0.29, 0.717) is 0 Å². The summed E-state index contributed by atoms with van der Waals surface area (Å²) in [5, 5.41) is 3.44. The highest BCUT2D eigenvalue weighted by atomic mass is 14.9. The van der Waals surface area contributed by atoms with Crippen molar-refractivity contribution in [2.75, 3.05) is 13.1 Å². The molecule has 1 heterocycles. The van der Waals surface area contributed by atoms with E-state index in [4.69, 9.17) is 0 Å². The van der Waals surface area contributed by atoms with Crippen molar-refractivity contribution in [1.82, 2.24) is 5.32 Å². The molecule has 18 heavy (non-hydrogen) atoms. The molecule has 1 nitrogen and oxygen atoms in total. The van der Waals surface area contributed by atoms with E-state index in [1.54, 1.807) is 0 Å². The van der Waals surface area contributed by atoms with Gasteiger partial charge in [-0.2, -0.15) is 0 Å². The fourth-order valence-electron chi connectivity index (χ4n) is 2.90. The van der Waals surface area contributed by atoms with Crippen molar-refractivity contribution in [2.24, 2.45) is 5.92 Å². The minimum absolute atomic E-state index is 0.921. The van der Waals surface area contributed by atoms with Crippen molar-refractivity contribution in [1.29, 1.82) is 0 Å². The SMILES string of the molecule is C/C=C(/CCC1CCNCC1)c1ccccc1C. The highest BCUT2D eigenvalue weighted by Crippen LogP contribution is 2.27. The van der Waals surface area contributed by atoms with Gasteiger partial charge in [-0.15, -0.1) is 0 Å². The zero-order valence-electron chi connectivity index (χ0n) is 11.7. The Morgan fingerprint density at radius 2 is 2.00 bits per heavy atom. The second-order valence-corrected chi connectivity index (χ2v) is 5.36. The van der Waals surface area contributed by atoms with Gasteiger partial charge in [-0.05, 0) is 75.2 Å². The van der Waals surface area contributed by atoms with Gasteiger partial charge in [0.05, 0.1) is 0 Å². The Morgan fingerprint density at radius 1 is 1.28 bits per heavy atom. The Hall–Kier alpha value is -1.08. The predicted molar refractivity (Wildman–Crippen MR) is 79.7 cm³/mol. The van der Waals surface area contributed by atoms with Crippen molar-refractivity contribution < 1.29 is 0 Å². The number of nitrogens with one attached hydrogen (secondary N) is 1. The van der Waals surface area contributed by atoms with Crippen LogP contribution in [0.2, 0.25) is 0 Å². The summed E-state index contributed by atoms with van der Waals surface area (Å²) in [4.78, 5) is 0. The number of hydrogen-bond donors (Lipinski definition) is 1. The largest absolute Gasteiger partial charge is 0.317 e. The summed E-state index contributed by atoms with van der Waals surface area (Å²) < 4.78 is 0. The van der Waals surface area contributed by atoms with Crippen LogP contribution in [0.1, 0.15) is 43.7 Å². The van der Waals surface area contributed by atoms with E-state index in [1.807, 2.05) is 0 Å². The third-order valence-corrected chi connectivity index (χ3v) is 4.12. The third-order valence-electron chi connectivity index (χ3n) is 4.12. The molecule has 0 radical (unpaired) electrons. The van der Waals surface area contributed by atoms with Crippen LogP contribution in [0.3, 0.4) is 0 Å². The van der Waals surface area contributed by atoms with Crippen molar-refractivity contribution in [3.63, 3.8) is 0 Å². The number of piperidine rings is 1. The summed E-state index contributed by atoms with van der Waals surface area (Å²) in [7, 11) is 0. The van der Waals surface area contributed by atoms with E-state index in [1.165, 1.54) is 55.5 Å². The van der Waals surface area contributed by atoms with Crippen LogP contribution in [0.15, 0.2) is 30.3 Å². The molecule has 1 fully saturated rings. The highest BCUT2D eigenvalue weighted by Gasteiger charge is 2.14. The Morgan fingerprint density at radius 3 is 2.67 bits per heavy atom. The van der Waals surface area contributed by atoms with Crippen molar-refractivity contribution in [3.05, 3.63) is 41.5 Å². The van der Waals surface area contributed by atoms with E-state index in [9.17, 15) is 0 Å². The van der Waals surface area contributed by atoms with Crippen LogP contribution in [-0.4, -0.2) is 13.1 Å². The zero-order chi connectivity index (χ0) is 12.8. The lowest BCUT2D eigenvalue weighted by atomic mass is 9.88. The molecule has 0 spiro atoms. The molecule has 0 amide bonds. The van der Waals surface area contributed by atoms with Crippen LogP contribution in [0, 0.1) is 12.8 Å². The standard InChI is InChI=1S/C17H25N/c1-3-16(17-7-5-4-6-14(17)2)9-8-15-10-12-18-13-11-15/h3-7,15,18H,8-13H2,1-2H3/b16-3-. The lowest BCUT2D eigenvalue weighted by Crippen LogP contribution is -2.27. The van der Waals surface area contributed by atoms with Gasteiger partial charge < -0.3 is 5.32 Å². The summed E-state index contributed by atoms with van der Waals surface area (Å²) in [5.74, 6) is 0.921. The van der Waals surface area contributed by atoms with Crippen LogP contribution in [0.25, 0.3) is 5.57 Å². The minimum atomic E-state index is 0.921. The highest BCUT2D eigenvalue weighted by molar-refractivity contribution is 5.67. The first-order valence-corrected chi connectivity index (χ1v) is 7.23. The van der Waals surface area contributed by atoms with E-state index in [2.05, 4.69) is 49.5 Å². The summed E-state index contributed by atoms with van der Waals surface area (Å²) in [6.07, 6.45) is 7.57. The molecule has 1 aromatic rings. The van der Waals surface area contributed by atoms with Gasteiger partial charge in [0.1, 0.15) is 0 Å². The van der Waals surface area contributed by atoms with Crippen LogP contribution >= 0.6 is 0 Å². The number of aryl methyl sites for hydroxylation is 1. The Balaban J connectivity index is 1.96. The van der Waals surface area contributed by atoms with Crippen molar-refractivity contribution >= 4 is 5.57 Å². The van der Waals surface area contributed by atoms with Crippen LogP contribution < -0.4 is 5.32 Å². The van der Waals surface area contributed by atoms with Crippen LogP contribution in [0.5, 0.6) is 0 Å². The van der Waals surface area contributed by atoms with Gasteiger partial charge in [0.15, 0.2) is 0 Å². The maximum atomic E-state index is 3.44. The molecule has 0 aliphatic carbocycles. The second kappa shape index (κ2) is 6.75. The normalized spacial score (nSPS) is 18.0. The second-order valence-electron chi connectivity index (χ2n) is 5.36. The molecule has 1 N–H and O–H groups in total. The van der Waals surface area contributed by atoms with Gasteiger partial charge in [0.25, 0.3) is 0 Å². The molecule has 1 saturated heterocycles. The molecule has 0 aromatic heterocycles. The average molecular weight is 243 g/mol. The lowest BCUT2D eigenvalue weighted by Gasteiger charge is -2.23. The number of allylic oxidation sites excluding steroid dienone is 2. The molecule has 0 unspecified atom stereocenters. The van der Waals surface area contributed by atoms with Gasteiger partial charge in [0.2, 0.25) is 0 Å². The van der Waals surface area contributed by atoms with Gasteiger partial charge in [0, 0.05) is 0 Å². The predicted octanol–water partition coefficient (Wildman–Crippen LogP) is 4.18. The lowest BCUT2D eigenvalue weighted by molar-refractivity contribution is 0.357. The molecule has 1 aliphatic heterocycles. The molecule has 1 aromatic carbocycles. The Kier molecular flexibility index (Phi) is 5.00. The van der Waals surface area contributed by atoms with Crippen molar-refractivity contribution in [2.45, 2.75) is 39.5 Å². The first-order chi connectivity index (χ1) is 8.81. The first kappa shape index (κ1) is 13.4. The minimum Gasteiger partial charge on any atom is -0.317 e. The van der Waals surface area contributed by atoms with Crippen LogP contribution in [-0.2, 0) is 0 Å². The topological polar surface area (TPSA) is 12.0 Å². The maximum absolute atomic E-state index is 3.44. The first-order valence-electron chi connectivity index (χ1n) is 7.23. The van der Waals surface area contributed by atoms with Crippen molar-refractivity contribution in [3.8, 4) is 0 Å². The van der Waals surface area contributed by atoms with E-state index in [-0.39, 0.29) is 0 Å². The average Bonchev–Trinajstić information content (AvgIpc) is 2.42. The molecule has 1 heteroatoms. The summed E-state index contributed by atoms with van der Waals surface area (Å²) >= 11 is 0. The van der Waals surface area contributed by atoms with Gasteiger partial charge in [-0.1, -0.05) is 30.3 Å². The molecular weight excluding hydrogens is 218 g/mol. The molecule has 1 aliphatic rings. The molecule has 0 atom stereocenters. The quantitative estimate of drug-likeness (QED) is 0.836. The molecule has 0 saturated carbocycles. The van der Waals surface area contributed by atoms with E-state index >= 15 is 0 Å². The molecule has 2 rings (SSSR count). The monoisotopic (exact) mass is 243 g/mol. The molecule has 0 bridgehead atoms. The van der Waals surface area contributed by atoms with Gasteiger partial charge in [-0.3, -0.25) is 0 Å².